The standard InChI is InChI=1S/C31H31N3/c1-31(2,3)33-23-29(26-21-19-25(20-22-26)24-13-7-4-8-14-24)34(28-17-11-6-12-18-28)30(33)32-27-15-9-5-10-16-27/h4-22,29H,23H2,1-3H3/t29-/m1/s1. The summed E-state index contributed by atoms with van der Waals surface area (Å²) in [6.07, 6.45) is 0. The molecule has 0 spiro atoms. The average molecular weight is 446 g/mol. The van der Waals surface area contributed by atoms with E-state index in [0.717, 1.165) is 23.9 Å². The van der Waals surface area contributed by atoms with E-state index in [4.69, 9.17) is 4.99 Å². The van der Waals surface area contributed by atoms with Crippen molar-refractivity contribution in [2.45, 2.75) is 32.4 Å². The lowest BCUT2D eigenvalue weighted by Crippen LogP contribution is -2.45. The van der Waals surface area contributed by atoms with Gasteiger partial charge in [0.2, 0.25) is 5.96 Å². The van der Waals surface area contributed by atoms with Gasteiger partial charge in [-0.1, -0.05) is 91.0 Å². The fourth-order valence-electron chi connectivity index (χ4n) is 4.58. The molecule has 170 valence electrons. The van der Waals surface area contributed by atoms with E-state index >= 15 is 0 Å². The van der Waals surface area contributed by atoms with Gasteiger partial charge in [-0.15, -0.1) is 0 Å². The summed E-state index contributed by atoms with van der Waals surface area (Å²) in [7, 11) is 0. The lowest BCUT2D eigenvalue weighted by molar-refractivity contribution is 0.249. The molecule has 1 atom stereocenters. The van der Waals surface area contributed by atoms with E-state index in [2.05, 4.69) is 128 Å². The fourth-order valence-corrected chi connectivity index (χ4v) is 4.58. The lowest BCUT2D eigenvalue weighted by Gasteiger charge is -2.34. The van der Waals surface area contributed by atoms with Crippen LogP contribution in [0.5, 0.6) is 0 Å². The van der Waals surface area contributed by atoms with Crippen LogP contribution in [0.1, 0.15) is 32.4 Å². The second-order valence-corrected chi connectivity index (χ2v) is 9.74. The van der Waals surface area contributed by atoms with Crippen molar-refractivity contribution in [1.82, 2.24) is 4.90 Å². The zero-order valence-corrected chi connectivity index (χ0v) is 20.1. The van der Waals surface area contributed by atoms with E-state index in [1.807, 2.05) is 18.2 Å². The molecular weight excluding hydrogens is 414 g/mol. The zero-order chi connectivity index (χ0) is 23.5. The van der Waals surface area contributed by atoms with Gasteiger partial charge < -0.3 is 9.80 Å². The highest BCUT2D eigenvalue weighted by Gasteiger charge is 2.42. The largest absolute Gasteiger partial charge is 0.335 e. The van der Waals surface area contributed by atoms with Crippen LogP contribution in [0.3, 0.4) is 0 Å². The number of hydrogen-bond acceptors (Lipinski definition) is 1. The molecule has 0 N–H and O–H groups in total. The predicted molar refractivity (Wildman–Crippen MR) is 144 cm³/mol. The van der Waals surface area contributed by atoms with Crippen molar-refractivity contribution in [2.75, 3.05) is 11.4 Å². The summed E-state index contributed by atoms with van der Waals surface area (Å²) in [4.78, 5) is 10.0. The number of para-hydroxylation sites is 2. The summed E-state index contributed by atoms with van der Waals surface area (Å²) >= 11 is 0. The predicted octanol–water partition coefficient (Wildman–Crippen LogP) is 7.70. The number of guanidine groups is 1. The van der Waals surface area contributed by atoms with Crippen LogP contribution >= 0.6 is 0 Å². The van der Waals surface area contributed by atoms with Crippen LogP contribution in [-0.4, -0.2) is 22.9 Å². The Morgan fingerprint density at radius 3 is 1.76 bits per heavy atom. The molecule has 34 heavy (non-hydrogen) atoms. The molecule has 1 heterocycles. The van der Waals surface area contributed by atoms with Gasteiger partial charge >= 0.3 is 0 Å². The molecular formula is C31H31N3. The first kappa shape index (κ1) is 22.0. The van der Waals surface area contributed by atoms with Crippen LogP contribution in [0.25, 0.3) is 11.1 Å². The molecule has 5 rings (SSSR count). The number of hydrogen-bond donors (Lipinski definition) is 0. The first-order valence-corrected chi connectivity index (χ1v) is 11.9. The second-order valence-electron chi connectivity index (χ2n) is 9.74. The summed E-state index contributed by atoms with van der Waals surface area (Å²) < 4.78 is 0. The van der Waals surface area contributed by atoms with Gasteiger partial charge in [0.05, 0.1) is 11.7 Å². The Kier molecular flexibility index (Phi) is 5.93. The minimum Gasteiger partial charge on any atom is -0.335 e. The number of aliphatic imine (C=N–C) groups is 1. The van der Waals surface area contributed by atoms with Gasteiger partial charge in [0.15, 0.2) is 0 Å². The SMILES string of the molecule is CC(C)(C)N1C[C@H](c2ccc(-c3ccccc3)cc2)N(c2ccccc2)C1=Nc1ccccc1. The minimum atomic E-state index is -0.0701. The summed E-state index contributed by atoms with van der Waals surface area (Å²) in [5.74, 6) is 0.988. The Labute approximate surface area is 203 Å². The normalized spacial score (nSPS) is 17.4. The molecule has 1 aliphatic rings. The van der Waals surface area contributed by atoms with Gasteiger partial charge in [-0.25, -0.2) is 4.99 Å². The Bertz CT molecular complexity index is 1240. The molecule has 3 nitrogen and oxygen atoms in total. The quantitative estimate of drug-likeness (QED) is 0.320. The molecule has 1 saturated heterocycles. The zero-order valence-electron chi connectivity index (χ0n) is 20.1. The molecule has 0 amide bonds. The van der Waals surface area contributed by atoms with Gasteiger partial charge in [-0.05, 0) is 61.7 Å². The van der Waals surface area contributed by atoms with E-state index < -0.39 is 0 Å². The summed E-state index contributed by atoms with van der Waals surface area (Å²) in [6.45, 7) is 7.65. The maximum Gasteiger partial charge on any atom is 0.207 e. The second kappa shape index (κ2) is 9.18. The number of anilines is 1. The fraction of sp³-hybridized carbons (Fsp3) is 0.194. The first-order chi connectivity index (χ1) is 16.5. The van der Waals surface area contributed by atoms with Crippen molar-refractivity contribution in [3.05, 3.63) is 121 Å². The Hall–Kier alpha value is -3.85. The highest BCUT2D eigenvalue weighted by Crippen LogP contribution is 2.39. The Morgan fingerprint density at radius 2 is 1.18 bits per heavy atom. The molecule has 0 saturated carbocycles. The van der Waals surface area contributed by atoms with Crippen LogP contribution in [0.15, 0.2) is 120 Å². The third-order valence-corrected chi connectivity index (χ3v) is 6.36. The summed E-state index contributed by atoms with van der Waals surface area (Å²) in [5, 5.41) is 0. The third-order valence-electron chi connectivity index (χ3n) is 6.36. The van der Waals surface area contributed by atoms with Crippen LogP contribution in [0.2, 0.25) is 0 Å². The highest BCUT2D eigenvalue weighted by molar-refractivity contribution is 6.01. The van der Waals surface area contributed by atoms with Crippen LogP contribution in [0, 0.1) is 0 Å². The van der Waals surface area contributed by atoms with E-state index in [1.165, 1.54) is 16.7 Å². The smallest absolute Gasteiger partial charge is 0.207 e. The monoisotopic (exact) mass is 445 g/mol. The average Bonchev–Trinajstić information content (AvgIpc) is 3.25. The molecule has 0 aliphatic carbocycles. The summed E-state index contributed by atoms with van der Waals surface area (Å²) in [6, 6.07) is 40.6. The van der Waals surface area contributed by atoms with E-state index in [9.17, 15) is 0 Å². The van der Waals surface area contributed by atoms with Crippen molar-refractivity contribution in [2.24, 2.45) is 4.99 Å². The molecule has 0 unspecified atom stereocenters. The van der Waals surface area contributed by atoms with Crippen molar-refractivity contribution >= 4 is 17.3 Å². The number of benzene rings is 4. The van der Waals surface area contributed by atoms with Gasteiger partial charge in [0.1, 0.15) is 0 Å². The van der Waals surface area contributed by atoms with Crippen LogP contribution in [0.4, 0.5) is 11.4 Å². The number of rotatable bonds is 4. The highest BCUT2D eigenvalue weighted by atomic mass is 15.5. The van der Waals surface area contributed by atoms with Crippen LogP contribution in [-0.2, 0) is 0 Å². The topological polar surface area (TPSA) is 18.8 Å². The van der Waals surface area contributed by atoms with Gasteiger partial charge in [0, 0.05) is 17.8 Å². The molecule has 0 radical (unpaired) electrons. The van der Waals surface area contributed by atoms with E-state index in [0.29, 0.717) is 0 Å². The van der Waals surface area contributed by atoms with Crippen molar-refractivity contribution in [1.29, 1.82) is 0 Å². The molecule has 0 bridgehead atoms. The molecule has 1 aliphatic heterocycles. The first-order valence-electron chi connectivity index (χ1n) is 11.9. The minimum absolute atomic E-state index is 0.0701. The van der Waals surface area contributed by atoms with Crippen molar-refractivity contribution < 1.29 is 0 Å². The molecule has 4 aromatic carbocycles. The van der Waals surface area contributed by atoms with E-state index in [1.54, 1.807) is 0 Å². The van der Waals surface area contributed by atoms with Gasteiger partial charge in [0.25, 0.3) is 0 Å². The Balaban J connectivity index is 1.60. The van der Waals surface area contributed by atoms with Crippen LogP contribution < -0.4 is 4.90 Å². The molecule has 0 aromatic heterocycles. The molecule has 4 aromatic rings. The Morgan fingerprint density at radius 1 is 0.647 bits per heavy atom. The molecule has 3 heteroatoms. The van der Waals surface area contributed by atoms with Crippen molar-refractivity contribution in [3.8, 4) is 11.1 Å². The third kappa shape index (κ3) is 4.47. The number of nitrogens with zero attached hydrogens (tertiary/aromatic N) is 3. The lowest BCUT2D eigenvalue weighted by atomic mass is 9.99. The maximum absolute atomic E-state index is 5.17. The van der Waals surface area contributed by atoms with E-state index in [-0.39, 0.29) is 11.6 Å². The maximum atomic E-state index is 5.17. The van der Waals surface area contributed by atoms with Gasteiger partial charge in [-0.3, -0.25) is 0 Å². The summed E-state index contributed by atoms with van der Waals surface area (Å²) in [5.41, 5.74) is 5.81. The van der Waals surface area contributed by atoms with Crippen molar-refractivity contribution in [3.63, 3.8) is 0 Å². The molecule has 1 fully saturated rings. The van der Waals surface area contributed by atoms with Gasteiger partial charge in [-0.2, -0.15) is 0 Å².